The van der Waals surface area contributed by atoms with Crippen molar-refractivity contribution in [1.29, 1.82) is 0 Å². The molecule has 126 valence electrons. The van der Waals surface area contributed by atoms with Crippen LogP contribution in [0.5, 0.6) is 5.75 Å². The van der Waals surface area contributed by atoms with Crippen molar-refractivity contribution in [3.63, 3.8) is 0 Å². The fraction of sp³-hybridized carbons (Fsp3) is 0.105. The molecule has 2 aromatic rings. The van der Waals surface area contributed by atoms with Gasteiger partial charge in [-0.25, -0.2) is 0 Å². The summed E-state index contributed by atoms with van der Waals surface area (Å²) in [6, 6.07) is 14.5. The SMILES string of the molecule is Cc1cccc(CC(=O)Oc2ccc(C=C3SC(=O)NC3=O)cc2)c1. The van der Waals surface area contributed by atoms with E-state index in [9.17, 15) is 14.4 Å². The minimum Gasteiger partial charge on any atom is -0.426 e. The Morgan fingerprint density at radius 2 is 1.92 bits per heavy atom. The molecule has 1 N–H and O–H groups in total. The number of benzene rings is 2. The highest BCUT2D eigenvalue weighted by Gasteiger charge is 2.24. The quantitative estimate of drug-likeness (QED) is 0.518. The predicted octanol–water partition coefficient (Wildman–Crippen LogP) is 3.47. The van der Waals surface area contributed by atoms with Crippen LogP contribution in [0.25, 0.3) is 6.08 Å². The number of esters is 1. The zero-order chi connectivity index (χ0) is 17.8. The van der Waals surface area contributed by atoms with E-state index in [0.717, 1.165) is 28.5 Å². The Balaban J connectivity index is 1.62. The molecule has 2 amide bonds. The molecular weight excluding hydrogens is 338 g/mol. The van der Waals surface area contributed by atoms with Gasteiger partial charge in [-0.3, -0.25) is 19.7 Å². The van der Waals surface area contributed by atoms with Gasteiger partial charge in [0.05, 0.1) is 11.3 Å². The van der Waals surface area contributed by atoms with E-state index in [0.29, 0.717) is 10.7 Å². The zero-order valence-corrected chi connectivity index (χ0v) is 14.3. The molecule has 3 rings (SSSR count). The number of carbonyl (C=O) groups excluding carboxylic acids is 3. The van der Waals surface area contributed by atoms with Crippen molar-refractivity contribution in [3.8, 4) is 5.75 Å². The minimum absolute atomic E-state index is 0.201. The monoisotopic (exact) mass is 353 g/mol. The van der Waals surface area contributed by atoms with E-state index < -0.39 is 5.91 Å². The molecule has 1 aliphatic heterocycles. The molecule has 1 aliphatic rings. The lowest BCUT2D eigenvalue weighted by Gasteiger charge is -2.05. The summed E-state index contributed by atoms with van der Waals surface area (Å²) in [7, 11) is 0. The lowest BCUT2D eigenvalue weighted by Crippen LogP contribution is -2.17. The van der Waals surface area contributed by atoms with Crippen LogP contribution < -0.4 is 10.1 Å². The Hall–Kier alpha value is -2.86. The maximum Gasteiger partial charge on any atom is 0.315 e. The van der Waals surface area contributed by atoms with Crippen molar-refractivity contribution in [2.24, 2.45) is 0 Å². The molecule has 0 unspecified atom stereocenters. The first-order valence-electron chi connectivity index (χ1n) is 7.61. The largest absolute Gasteiger partial charge is 0.426 e. The standard InChI is InChI=1S/C19H15NO4S/c1-12-3-2-4-14(9-12)11-17(21)24-15-7-5-13(6-8-15)10-16-18(22)20-19(23)25-16/h2-10H,11H2,1H3,(H,20,22,23). The van der Waals surface area contributed by atoms with Gasteiger partial charge in [-0.1, -0.05) is 42.0 Å². The van der Waals surface area contributed by atoms with Gasteiger partial charge in [0.15, 0.2) is 0 Å². The van der Waals surface area contributed by atoms with Gasteiger partial charge in [0.25, 0.3) is 11.1 Å². The van der Waals surface area contributed by atoms with E-state index >= 15 is 0 Å². The third-order valence-electron chi connectivity index (χ3n) is 3.48. The predicted molar refractivity (Wildman–Crippen MR) is 96.1 cm³/mol. The first-order valence-corrected chi connectivity index (χ1v) is 8.42. The van der Waals surface area contributed by atoms with Gasteiger partial charge in [-0.15, -0.1) is 0 Å². The van der Waals surface area contributed by atoms with E-state index in [1.54, 1.807) is 30.3 Å². The van der Waals surface area contributed by atoms with Crippen LogP contribution in [0.4, 0.5) is 4.79 Å². The lowest BCUT2D eigenvalue weighted by atomic mass is 10.1. The van der Waals surface area contributed by atoms with Crippen molar-refractivity contribution in [3.05, 3.63) is 70.1 Å². The lowest BCUT2D eigenvalue weighted by molar-refractivity contribution is -0.133. The number of thioether (sulfide) groups is 1. The summed E-state index contributed by atoms with van der Waals surface area (Å²) >= 11 is 0.862. The number of ether oxygens (including phenoxy) is 1. The summed E-state index contributed by atoms with van der Waals surface area (Å²) in [5, 5.41) is 1.82. The van der Waals surface area contributed by atoms with E-state index in [-0.39, 0.29) is 17.6 Å². The molecule has 0 radical (unpaired) electrons. The van der Waals surface area contributed by atoms with Gasteiger partial charge >= 0.3 is 5.97 Å². The van der Waals surface area contributed by atoms with Crippen LogP contribution in [0.15, 0.2) is 53.4 Å². The number of aryl methyl sites for hydroxylation is 1. The smallest absolute Gasteiger partial charge is 0.315 e. The average molecular weight is 353 g/mol. The summed E-state index contributed by atoms with van der Waals surface area (Å²) in [4.78, 5) is 35.0. The summed E-state index contributed by atoms with van der Waals surface area (Å²) in [6.45, 7) is 1.97. The van der Waals surface area contributed by atoms with Crippen LogP contribution in [0.1, 0.15) is 16.7 Å². The molecule has 1 saturated heterocycles. The van der Waals surface area contributed by atoms with Gasteiger partial charge in [-0.2, -0.15) is 0 Å². The van der Waals surface area contributed by atoms with Crippen molar-refractivity contribution in [2.45, 2.75) is 13.3 Å². The van der Waals surface area contributed by atoms with Crippen LogP contribution >= 0.6 is 11.8 Å². The third-order valence-corrected chi connectivity index (χ3v) is 4.29. The van der Waals surface area contributed by atoms with Crippen molar-refractivity contribution < 1.29 is 19.1 Å². The molecule has 0 bridgehead atoms. The van der Waals surface area contributed by atoms with Crippen LogP contribution in [0.2, 0.25) is 0 Å². The number of hydrogen-bond donors (Lipinski definition) is 1. The minimum atomic E-state index is -0.399. The van der Waals surface area contributed by atoms with E-state index in [1.807, 2.05) is 31.2 Å². The molecule has 5 nitrogen and oxygen atoms in total. The highest BCUT2D eigenvalue weighted by atomic mass is 32.2. The second kappa shape index (κ2) is 7.36. The molecule has 1 heterocycles. The van der Waals surface area contributed by atoms with E-state index in [4.69, 9.17) is 4.74 Å². The van der Waals surface area contributed by atoms with Crippen LogP contribution in [-0.2, 0) is 16.0 Å². The van der Waals surface area contributed by atoms with Crippen LogP contribution in [0, 0.1) is 6.92 Å². The van der Waals surface area contributed by atoms with Gasteiger partial charge < -0.3 is 4.74 Å². The Labute approximate surface area is 149 Å². The number of imide groups is 1. The number of amides is 2. The zero-order valence-electron chi connectivity index (χ0n) is 13.4. The van der Waals surface area contributed by atoms with Gasteiger partial charge in [0.1, 0.15) is 5.75 Å². The molecule has 0 atom stereocenters. The molecule has 25 heavy (non-hydrogen) atoms. The van der Waals surface area contributed by atoms with E-state index in [2.05, 4.69) is 5.32 Å². The maximum absolute atomic E-state index is 12.0. The highest BCUT2D eigenvalue weighted by Crippen LogP contribution is 2.26. The second-order valence-electron chi connectivity index (χ2n) is 5.56. The Kier molecular flexibility index (Phi) is 5.00. The number of rotatable bonds is 4. The fourth-order valence-electron chi connectivity index (χ4n) is 2.36. The molecule has 0 aromatic heterocycles. The second-order valence-corrected chi connectivity index (χ2v) is 6.58. The number of nitrogens with one attached hydrogen (secondary N) is 1. The molecule has 0 saturated carbocycles. The van der Waals surface area contributed by atoms with Crippen molar-refractivity contribution in [2.75, 3.05) is 0 Å². The molecule has 0 spiro atoms. The first-order chi connectivity index (χ1) is 12.0. The highest BCUT2D eigenvalue weighted by molar-refractivity contribution is 8.18. The van der Waals surface area contributed by atoms with Crippen LogP contribution in [0.3, 0.4) is 0 Å². The molecule has 0 aliphatic carbocycles. The van der Waals surface area contributed by atoms with Crippen molar-refractivity contribution in [1.82, 2.24) is 5.32 Å². The Bertz CT molecular complexity index is 871. The third kappa shape index (κ3) is 4.58. The van der Waals surface area contributed by atoms with Gasteiger partial charge in [0.2, 0.25) is 0 Å². The average Bonchev–Trinajstić information content (AvgIpc) is 2.86. The first kappa shape index (κ1) is 17.0. The molecule has 2 aromatic carbocycles. The maximum atomic E-state index is 12.0. The molecule has 6 heteroatoms. The summed E-state index contributed by atoms with van der Waals surface area (Å²) in [6.07, 6.45) is 1.82. The topological polar surface area (TPSA) is 72.5 Å². The summed E-state index contributed by atoms with van der Waals surface area (Å²) in [5.41, 5.74) is 2.74. The molecule has 1 fully saturated rings. The Morgan fingerprint density at radius 3 is 2.56 bits per heavy atom. The Morgan fingerprint density at radius 1 is 1.16 bits per heavy atom. The van der Waals surface area contributed by atoms with Gasteiger partial charge in [-0.05, 0) is 48.0 Å². The molecular formula is C19H15NO4S. The fourth-order valence-corrected chi connectivity index (χ4v) is 3.04. The summed E-state index contributed by atoms with van der Waals surface area (Å²) < 4.78 is 5.32. The van der Waals surface area contributed by atoms with E-state index in [1.165, 1.54) is 0 Å². The number of carbonyl (C=O) groups is 3. The van der Waals surface area contributed by atoms with Gasteiger partial charge in [0, 0.05) is 0 Å². The van der Waals surface area contributed by atoms with Crippen LogP contribution in [-0.4, -0.2) is 17.1 Å². The van der Waals surface area contributed by atoms with Crippen molar-refractivity contribution >= 4 is 35.0 Å². The summed E-state index contributed by atoms with van der Waals surface area (Å²) in [5.74, 6) is -0.309. The number of hydrogen-bond acceptors (Lipinski definition) is 5. The normalized spacial score (nSPS) is 15.3.